The number of aryl methyl sites for hydroxylation is 2. The van der Waals surface area contributed by atoms with Crippen molar-refractivity contribution >= 4 is 22.1 Å². The van der Waals surface area contributed by atoms with Crippen molar-refractivity contribution in [2.75, 3.05) is 19.8 Å². The molecule has 196 valence electrons. The van der Waals surface area contributed by atoms with Gasteiger partial charge in [-0.25, -0.2) is 22.4 Å². The molecule has 0 saturated carbocycles. The molecule has 0 spiro atoms. The smallest absolute Gasteiger partial charge is 0.310 e. The molecule has 4 aromatic rings. The standard InChI is InChI=1S/C26H29FN6O2S.ClH/c1-16-14-20(15-17(2)24(16)27)33-25(23-18(3)29-11-10-22(23)30-33)32-13-12-31(26(32)34)19-6-8-21(9-7-19)36(5,35)28-4;/h6-9,12-15,18,29H,10-11H2,1-5H3;1H/t18-,36?;/m0./s1. The summed E-state index contributed by atoms with van der Waals surface area (Å²) in [6.07, 6.45) is 5.74. The molecule has 2 atom stereocenters. The Balaban J connectivity index is 0.00000320. The van der Waals surface area contributed by atoms with Gasteiger partial charge in [-0.15, -0.1) is 12.4 Å². The van der Waals surface area contributed by atoms with E-state index in [1.807, 2.05) is 0 Å². The molecule has 2 aromatic heterocycles. The lowest BCUT2D eigenvalue weighted by molar-refractivity contribution is 0.536. The van der Waals surface area contributed by atoms with E-state index in [-0.39, 0.29) is 30.0 Å². The molecule has 1 aliphatic heterocycles. The van der Waals surface area contributed by atoms with Gasteiger partial charge in [0.25, 0.3) is 0 Å². The number of halogens is 2. The fourth-order valence-electron chi connectivity index (χ4n) is 4.76. The summed E-state index contributed by atoms with van der Waals surface area (Å²) < 4.78 is 35.8. The van der Waals surface area contributed by atoms with Crippen LogP contribution in [0.4, 0.5) is 4.39 Å². The molecule has 1 N–H and O–H groups in total. The minimum Gasteiger partial charge on any atom is -0.310 e. The molecule has 0 aliphatic carbocycles. The van der Waals surface area contributed by atoms with Crippen molar-refractivity contribution in [2.24, 2.45) is 4.36 Å². The van der Waals surface area contributed by atoms with Gasteiger partial charge in [-0.1, -0.05) is 0 Å². The third kappa shape index (κ3) is 4.54. The second-order valence-electron chi connectivity index (χ2n) is 9.21. The molecule has 5 rings (SSSR count). The fraction of sp³-hybridized carbons (Fsp3) is 0.308. The Morgan fingerprint density at radius 1 is 1.08 bits per heavy atom. The summed E-state index contributed by atoms with van der Waals surface area (Å²) in [6.45, 7) is 6.30. The van der Waals surface area contributed by atoms with E-state index in [1.54, 1.807) is 78.1 Å². The van der Waals surface area contributed by atoms with Gasteiger partial charge < -0.3 is 5.32 Å². The lowest BCUT2D eigenvalue weighted by Crippen LogP contribution is -2.30. The second kappa shape index (κ2) is 9.92. The number of nitrogens with one attached hydrogen (secondary N) is 1. The first kappa shape index (κ1) is 26.8. The summed E-state index contributed by atoms with van der Waals surface area (Å²) in [5.41, 5.74) is 3.99. The van der Waals surface area contributed by atoms with Crippen LogP contribution in [0, 0.1) is 19.7 Å². The molecular weight excluding hydrogens is 515 g/mol. The lowest BCUT2D eigenvalue weighted by atomic mass is 10.0. The van der Waals surface area contributed by atoms with Crippen molar-refractivity contribution in [3.05, 3.63) is 87.5 Å². The Hall–Kier alpha value is -3.21. The van der Waals surface area contributed by atoms with Gasteiger partial charge in [0.15, 0.2) is 0 Å². The summed E-state index contributed by atoms with van der Waals surface area (Å²) in [5.74, 6) is 0.391. The van der Waals surface area contributed by atoms with Crippen LogP contribution in [0.5, 0.6) is 0 Å². The topological polar surface area (TPSA) is 86.2 Å². The molecule has 0 radical (unpaired) electrons. The van der Waals surface area contributed by atoms with Crippen LogP contribution in [-0.4, -0.2) is 43.0 Å². The number of nitrogens with zero attached hydrogens (tertiary/aromatic N) is 5. The van der Waals surface area contributed by atoms with Gasteiger partial charge in [0.05, 0.1) is 26.8 Å². The first-order valence-electron chi connectivity index (χ1n) is 11.8. The maximum absolute atomic E-state index is 14.4. The summed E-state index contributed by atoms with van der Waals surface area (Å²) in [6, 6.07) is 10.5. The van der Waals surface area contributed by atoms with Gasteiger partial charge in [0.2, 0.25) is 0 Å². The largest absolute Gasteiger partial charge is 0.338 e. The Bertz CT molecular complexity index is 1640. The highest BCUT2D eigenvalue weighted by atomic mass is 35.5. The number of imidazole rings is 1. The van der Waals surface area contributed by atoms with Crippen LogP contribution in [0.3, 0.4) is 0 Å². The molecule has 0 amide bonds. The molecule has 0 fully saturated rings. The van der Waals surface area contributed by atoms with Crippen molar-refractivity contribution < 1.29 is 8.60 Å². The number of hydrogen-bond donors (Lipinski definition) is 1. The predicted molar refractivity (Wildman–Crippen MR) is 146 cm³/mol. The van der Waals surface area contributed by atoms with Gasteiger partial charge in [-0.05, 0) is 68.3 Å². The number of aromatic nitrogens is 4. The van der Waals surface area contributed by atoms with E-state index in [0.717, 1.165) is 24.2 Å². The van der Waals surface area contributed by atoms with Gasteiger partial charge >= 0.3 is 5.69 Å². The molecule has 0 bridgehead atoms. The molecule has 1 aliphatic rings. The number of fused-ring (bicyclic) bond motifs is 1. The highest BCUT2D eigenvalue weighted by molar-refractivity contribution is 7.93. The van der Waals surface area contributed by atoms with Crippen molar-refractivity contribution in [2.45, 2.75) is 38.1 Å². The van der Waals surface area contributed by atoms with Crippen LogP contribution >= 0.6 is 12.4 Å². The van der Waals surface area contributed by atoms with Crippen LogP contribution in [0.25, 0.3) is 17.2 Å². The number of benzene rings is 2. The number of hydrogen-bond acceptors (Lipinski definition) is 5. The van der Waals surface area contributed by atoms with Gasteiger partial charge in [-0.3, -0.25) is 9.13 Å². The minimum absolute atomic E-state index is 0. The molecule has 2 aromatic carbocycles. The first-order chi connectivity index (χ1) is 17.1. The Morgan fingerprint density at radius 2 is 1.70 bits per heavy atom. The van der Waals surface area contributed by atoms with E-state index in [0.29, 0.717) is 33.2 Å². The zero-order valence-corrected chi connectivity index (χ0v) is 23.0. The molecule has 1 unspecified atom stereocenters. The van der Waals surface area contributed by atoms with Crippen LogP contribution in [0.15, 0.2) is 62.8 Å². The Morgan fingerprint density at radius 3 is 2.32 bits per heavy atom. The van der Waals surface area contributed by atoms with E-state index in [9.17, 15) is 13.4 Å². The van der Waals surface area contributed by atoms with Crippen molar-refractivity contribution in [1.82, 2.24) is 24.2 Å². The van der Waals surface area contributed by atoms with Crippen molar-refractivity contribution in [1.29, 1.82) is 0 Å². The predicted octanol–water partition coefficient (Wildman–Crippen LogP) is 4.28. The van der Waals surface area contributed by atoms with Crippen molar-refractivity contribution in [3.8, 4) is 17.2 Å². The summed E-state index contributed by atoms with van der Waals surface area (Å²) in [4.78, 5) is 14.3. The van der Waals surface area contributed by atoms with E-state index in [1.165, 1.54) is 11.6 Å². The van der Waals surface area contributed by atoms with Crippen LogP contribution in [0.1, 0.15) is 35.3 Å². The highest BCUT2D eigenvalue weighted by Gasteiger charge is 2.29. The maximum atomic E-state index is 14.4. The SMILES string of the molecule is CN=S(C)(=O)c1ccc(-n2ccn(-c3c4c(nn3-c3cc(C)c(F)c(C)c3)CCN[C@H]4C)c2=O)cc1.Cl. The molecular formula is C26H30ClFN6O2S. The average Bonchev–Trinajstić information content (AvgIpc) is 3.43. The minimum atomic E-state index is -2.46. The maximum Gasteiger partial charge on any atom is 0.338 e. The zero-order valence-electron chi connectivity index (χ0n) is 21.4. The molecule has 11 heteroatoms. The monoisotopic (exact) mass is 544 g/mol. The summed E-state index contributed by atoms with van der Waals surface area (Å²) in [5, 5.41) is 8.33. The summed E-state index contributed by atoms with van der Waals surface area (Å²) in [7, 11) is -0.931. The fourth-order valence-corrected chi connectivity index (χ4v) is 5.61. The quantitative estimate of drug-likeness (QED) is 0.415. The molecule has 3 heterocycles. The first-order valence-corrected chi connectivity index (χ1v) is 13.7. The lowest BCUT2D eigenvalue weighted by Gasteiger charge is -2.21. The average molecular weight is 545 g/mol. The summed E-state index contributed by atoms with van der Waals surface area (Å²) >= 11 is 0. The van der Waals surface area contributed by atoms with E-state index in [2.05, 4.69) is 16.6 Å². The Kier molecular flexibility index (Phi) is 7.20. The van der Waals surface area contributed by atoms with Crippen LogP contribution < -0.4 is 11.0 Å². The van der Waals surface area contributed by atoms with E-state index < -0.39 is 9.73 Å². The van der Waals surface area contributed by atoms with Crippen LogP contribution in [0.2, 0.25) is 0 Å². The van der Waals surface area contributed by atoms with E-state index >= 15 is 0 Å². The second-order valence-corrected chi connectivity index (χ2v) is 11.7. The third-order valence-electron chi connectivity index (χ3n) is 6.79. The number of rotatable bonds is 4. The van der Waals surface area contributed by atoms with E-state index in [4.69, 9.17) is 5.10 Å². The third-order valence-corrected chi connectivity index (χ3v) is 8.63. The van der Waals surface area contributed by atoms with Crippen LogP contribution in [-0.2, 0) is 16.1 Å². The molecule has 8 nitrogen and oxygen atoms in total. The molecule has 0 saturated heterocycles. The Labute approximate surface area is 221 Å². The van der Waals surface area contributed by atoms with Gasteiger partial charge in [0.1, 0.15) is 11.6 Å². The normalized spacial score (nSPS) is 16.5. The zero-order chi connectivity index (χ0) is 25.8. The molecule has 37 heavy (non-hydrogen) atoms. The van der Waals surface area contributed by atoms with Gasteiger partial charge in [-0.2, -0.15) is 5.10 Å². The van der Waals surface area contributed by atoms with Crippen molar-refractivity contribution in [3.63, 3.8) is 0 Å². The van der Waals surface area contributed by atoms with Gasteiger partial charge in [0, 0.05) is 55.2 Å². The highest BCUT2D eigenvalue weighted by Crippen LogP contribution is 2.31.